The number of piperazine rings is 1. The van der Waals surface area contributed by atoms with Crippen LogP contribution in [0.25, 0.3) is 0 Å². The minimum Gasteiger partial charge on any atom is -0.369 e. The Morgan fingerprint density at radius 3 is 2.32 bits per heavy atom. The lowest BCUT2D eigenvalue weighted by molar-refractivity contribution is -0.115. The third-order valence-corrected chi connectivity index (χ3v) is 6.14. The number of anilines is 2. The van der Waals surface area contributed by atoms with Crippen molar-refractivity contribution in [2.75, 3.05) is 42.9 Å². The number of amides is 1. The predicted molar refractivity (Wildman–Crippen MR) is 132 cm³/mol. The molecule has 1 aliphatic heterocycles. The third kappa shape index (κ3) is 6.40. The van der Waals surface area contributed by atoms with Gasteiger partial charge in [-0.3, -0.25) is 9.69 Å². The van der Waals surface area contributed by atoms with E-state index in [9.17, 15) is 13.6 Å². The van der Waals surface area contributed by atoms with Crippen LogP contribution in [0.3, 0.4) is 0 Å². The molecular weight excluding hydrogens is 434 g/mol. The van der Waals surface area contributed by atoms with Gasteiger partial charge in [0.1, 0.15) is 11.6 Å². The Labute approximate surface area is 199 Å². The molecule has 2 N–H and O–H groups in total. The van der Waals surface area contributed by atoms with Gasteiger partial charge in [0.05, 0.1) is 6.54 Å². The van der Waals surface area contributed by atoms with Crippen molar-refractivity contribution in [3.63, 3.8) is 0 Å². The lowest BCUT2D eigenvalue weighted by atomic mass is 10.1. The second-order valence-electron chi connectivity index (χ2n) is 8.61. The first-order valence-corrected chi connectivity index (χ1v) is 11.6. The second-order valence-corrected chi connectivity index (χ2v) is 8.61. The molecule has 0 aromatic heterocycles. The summed E-state index contributed by atoms with van der Waals surface area (Å²) >= 11 is 0. The molecule has 7 heteroatoms. The number of rotatable bonds is 8. The Morgan fingerprint density at radius 1 is 0.941 bits per heavy atom. The number of hydrogen-bond acceptors (Lipinski definition) is 4. The molecule has 1 fully saturated rings. The first-order valence-electron chi connectivity index (χ1n) is 11.6. The summed E-state index contributed by atoms with van der Waals surface area (Å²) in [4.78, 5) is 17.1. The van der Waals surface area contributed by atoms with Gasteiger partial charge in [-0.15, -0.1) is 0 Å². The molecule has 0 unspecified atom stereocenters. The molecule has 1 atom stereocenters. The van der Waals surface area contributed by atoms with Gasteiger partial charge in [-0.25, -0.2) is 8.78 Å². The van der Waals surface area contributed by atoms with Crippen LogP contribution in [0, 0.1) is 11.6 Å². The van der Waals surface area contributed by atoms with Crippen LogP contribution in [-0.2, 0) is 11.3 Å². The number of benzene rings is 3. The van der Waals surface area contributed by atoms with Crippen molar-refractivity contribution >= 4 is 17.3 Å². The van der Waals surface area contributed by atoms with Crippen LogP contribution in [-0.4, -0.2) is 43.5 Å². The van der Waals surface area contributed by atoms with Gasteiger partial charge in [0.15, 0.2) is 0 Å². The molecule has 34 heavy (non-hydrogen) atoms. The summed E-state index contributed by atoms with van der Waals surface area (Å²) in [7, 11) is 0. The molecule has 0 aliphatic carbocycles. The van der Waals surface area contributed by atoms with Crippen LogP contribution >= 0.6 is 0 Å². The van der Waals surface area contributed by atoms with E-state index in [1.807, 2.05) is 30.3 Å². The highest BCUT2D eigenvalue weighted by Gasteiger charge is 2.17. The molecule has 1 saturated heterocycles. The zero-order valence-electron chi connectivity index (χ0n) is 19.3. The van der Waals surface area contributed by atoms with E-state index in [0.717, 1.165) is 44.5 Å². The summed E-state index contributed by atoms with van der Waals surface area (Å²) in [5.41, 5.74) is 3.50. The zero-order valence-corrected chi connectivity index (χ0v) is 19.3. The van der Waals surface area contributed by atoms with E-state index in [1.54, 1.807) is 6.92 Å². The standard InChI is InChI=1S/C27H30F2N4O/c1-20(25-12-7-22(28)17-26(25)29)30-18-27(34)31-23-8-10-24(11-9-23)33-15-13-32(14-16-33)19-21-5-3-2-4-6-21/h2-12,17,20,30H,13-16,18-19H2,1H3,(H,31,34)/t20-/m0/s1. The number of nitrogens with one attached hydrogen (secondary N) is 2. The Kier molecular flexibility index (Phi) is 7.87. The van der Waals surface area contributed by atoms with Gasteiger partial charge in [0, 0.05) is 61.8 Å². The maximum absolute atomic E-state index is 13.9. The quantitative estimate of drug-likeness (QED) is 0.513. The lowest BCUT2D eigenvalue weighted by Crippen LogP contribution is -2.45. The maximum Gasteiger partial charge on any atom is 0.238 e. The smallest absolute Gasteiger partial charge is 0.238 e. The molecule has 4 rings (SSSR count). The number of carbonyl (C=O) groups excluding carboxylic acids is 1. The maximum atomic E-state index is 13.9. The fourth-order valence-corrected chi connectivity index (χ4v) is 4.17. The fraction of sp³-hybridized carbons (Fsp3) is 0.296. The van der Waals surface area contributed by atoms with Crippen LogP contribution in [0.4, 0.5) is 20.2 Å². The second kappa shape index (κ2) is 11.2. The van der Waals surface area contributed by atoms with E-state index in [-0.39, 0.29) is 12.5 Å². The third-order valence-electron chi connectivity index (χ3n) is 6.14. The van der Waals surface area contributed by atoms with E-state index < -0.39 is 17.7 Å². The zero-order chi connectivity index (χ0) is 23.9. The average Bonchev–Trinajstić information content (AvgIpc) is 2.84. The first kappa shape index (κ1) is 23.9. The van der Waals surface area contributed by atoms with Gasteiger partial charge in [-0.2, -0.15) is 0 Å². The highest BCUT2D eigenvalue weighted by atomic mass is 19.1. The van der Waals surface area contributed by atoms with Crippen molar-refractivity contribution in [2.45, 2.75) is 19.5 Å². The molecule has 0 radical (unpaired) electrons. The van der Waals surface area contributed by atoms with Crippen molar-refractivity contribution in [3.8, 4) is 0 Å². The Hall–Kier alpha value is -3.29. The number of hydrogen-bond donors (Lipinski definition) is 2. The van der Waals surface area contributed by atoms with Crippen LogP contribution in [0.15, 0.2) is 72.8 Å². The van der Waals surface area contributed by atoms with Gasteiger partial charge >= 0.3 is 0 Å². The van der Waals surface area contributed by atoms with Crippen molar-refractivity contribution in [3.05, 3.63) is 95.6 Å². The molecule has 3 aromatic carbocycles. The predicted octanol–water partition coefficient (Wildman–Crippen LogP) is 4.58. The van der Waals surface area contributed by atoms with Crippen molar-refractivity contribution in [2.24, 2.45) is 0 Å². The summed E-state index contributed by atoms with van der Waals surface area (Å²) in [6.45, 7) is 6.65. The summed E-state index contributed by atoms with van der Waals surface area (Å²) < 4.78 is 27.0. The molecule has 5 nitrogen and oxygen atoms in total. The largest absolute Gasteiger partial charge is 0.369 e. The first-order chi connectivity index (χ1) is 16.5. The van der Waals surface area contributed by atoms with E-state index in [2.05, 4.69) is 44.7 Å². The summed E-state index contributed by atoms with van der Waals surface area (Å²) in [6.07, 6.45) is 0. The molecule has 0 bridgehead atoms. The fourth-order valence-electron chi connectivity index (χ4n) is 4.17. The van der Waals surface area contributed by atoms with Crippen molar-refractivity contribution in [1.29, 1.82) is 0 Å². The van der Waals surface area contributed by atoms with Crippen molar-refractivity contribution in [1.82, 2.24) is 10.2 Å². The number of halogens is 2. The molecule has 0 spiro atoms. The van der Waals surface area contributed by atoms with E-state index in [4.69, 9.17) is 0 Å². The summed E-state index contributed by atoms with van der Waals surface area (Å²) in [6, 6.07) is 21.4. The normalized spacial score (nSPS) is 15.2. The van der Waals surface area contributed by atoms with Crippen LogP contribution < -0.4 is 15.5 Å². The summed E-state index contributed by atoms with van der Waals surface area (Å²) in [5, 5.41) is 5.83. The highest BCUT2D eigenvalue weighted by molar-refractivity contribution is 5.92. The monoisotopic (exact) mass is 464 g/mol. The molecule has 1 aliphatic rings. The van der Waals surface area contributed by atoms with Gasteiger partial charge in [-0.05, 0) is 42.8 Å². The van der Waals surface area contributed by atoms with Crippen LogP contribution in [0.2, 0.25) is 0 Å². The van der Waals surface area contributed by atoms with Crippen LogP contribution in [0.5, 0.6) is 0 Å². The molecule has 3 aromatic rings. The van der Waals surface area contributed by atoms with Gasteiger partial charge in [0.25, 0.3) is 0 Å². The highest BCUT2D eigenvalue weighted by Crippen LogP contribution is 2.21. The SMILES string of the molecule is C[C@H](NCC(=O)Nc1ccc(N2CCN(Cc3ccccc3)CC2)cc1)c1ccc(F)cc1F. The Bertz CT molecular complexity index is 1080. The minimum atomic E-state index is -0.628. The molecule has 1 heterocycles. The van der Waals surface area contributed by atoms with E-state index in [0.29, 0.717) is 11.3 Å². The number of carbonyl (C=O) groups is 1. The Morgan fingerprint density at radius 2 is 1.65 bits per heavy atom. The molecule has 178 valence electrons. The number of nitrogens with zero attached hydrogens (tertiary/aromatic N) is 2. The Balaban J connectivity index is 1.22. The van der Waals surface area contributed by atoms with Gasteiger partial charge < -0.3 is 15.5 Å². The van der Waals surface area contributed by atoms with Gasteiger partial charge in [-0.1, -0.05) is 36.4 Å². The van der Waals surface area contributed by atoms with Crippen molar-refractivity contribution < 1.29 is 13.6 Å². The molecular formula is C27H30F2N4O. The molecule has 1 amide bonds. The van der Waals surface area contributed by atoms with Crippen LogP contribution in [0.1, 0.15) is 24.1 Å². The van der Waals surface area contributed by atoms with E-state index in [1.165, 1.54) is 17.7 Å². The molecule has 0 saturated carbocycles. The lowest BCUT2D eigenvalue weighted by Gasteiger charge is -2.36. The van der Waals surface area contributed by atoms with Gasteiger partial charge in [0.2, 0.25) is 5.91 Å². The minimum absolute atomic E-state index is 0.0170. The average molecular weight is 465 g/mol. The van der Waals surface area contributed by atoms with E-state index >= 15 is 0 Å². The summed E-state index contributed by atoms with van der Waals surface area (Å²) in [5.74, 6) is -1.47. The topological polar surface area (TPSA) is 47.6 Å².